The summed E-state index contributed by atoms with van der Waals surface area (Å²) in [6.45, 7) is 1.91. The monoisotopic (exact) mass is 437 g/mol. The second-order valence-corrected chi connectivity index (χ2v) is 7.27. The van der Waals surface area contributed by atoms with Crippen molar-refractivity contribution in [3.8, 4) is 11.5 Å². The van der Waals surface area contributed by atoms with Gasteiger partial charge in [0, 0.05) is 10.7 Å². The Morgan fingerprint density at radius 2 is 1.58 bits per heavy atom. The molecule has 0 saturated carbocycles. The second-order valence-electron chi connectivity index (χ2n) is 6.83. The van der Waals surface area contributed by atoms with Gasteiger partial charge in [0.05, 0.1) is 6.61 Å². The molecular formula is C24H20ClNO5. The topological polar surface area (TPSA) is 65.1 Å². The molecule has 2 unspecified atom stereocenters. The molecule has 1 aliphatic heterocycles. The summed E-state index contributed by atoms with van der Waals surface area (Å²) in [6.07, 6.45) is -1.67. The van der Waals surface area contributed by atoms with Gasteiger partial charge in [-0.15, -0.1) is 0 Å². The van der Waals surface area contributed by atoms with Crippen molar-refractivity contribution in [2.24, 2.45) is 0 Å². The van der Waals surface area contributed by atoms with Gasteiger partial charge in [-0.2, -0.15) is 0 Å². The highest BCUT2D eigenvalue weighted by molar-refractivity contribution is 6.30. The number of rotatable bonds is 6. The Labute approximate surface area is 184 Å². The summed E-state index contributed by atoms with van der Waals surface area (Å²) in [5.41, 5.74) is 1.35. The van der Waals surface area contributed by atoms with Gasteiger partial charge in [-0.3, -0.25) is 4.90 Å². The highest BCUT2D eigenvalue weighted by Gasteiger charge is 2.48. The highest BCUT2D eigenvalue weighted by Crippen LogP contribution is 2.38. The van der Waals surface area contributed by atoms with Gasteiger partial charge in [-0.25, -0.2) is 9.59 Å². The van der Waals surface area contributed by atoms with Crippen LogP contribution in [-0.4, -0.2) is 24.8 Å². The van der Waals surface area contributed by atoms with Crippen molar-refractivity contribution in [3.05, 3.63) is 89.4 Å². The number of benzene rings is 3. The molecular weight excluding hydrogens is 418 g/mol. The zero-order chi connectivity index (χ0) is 21.8. The van der Waals surface area contributed by atoms with E-state index in [1.54, 1.807) is 55.5 Å². The van der Waals surface area contributed by atoms with Crippen LogP contribution in [-0.2, 0) is 14.3 Å². The Bertz CT molecular complexity index is 1050. The molecule has 0 spiro atoms. The molecule has 1 heterocycles. The van der Waals surface area contributed by atoms with E-state index in [-0.39, 0.29) is 6.61 Å². The Kier molecular flexibility index (Phi) is 6.09. The largest absolute Gasteiger partial charge is 0.463 e. The first-order valence-corrected chi connectivity index (χ1v) is 10.2. The minimum Gasteiger partial charge on any atom is -0.463 e. The SMILES string of the molecule is CCOC(=O)C1OC(=O)N(c2ccc(Oc3ccc(Cl)cc3)cc2)C1c1ccccc1. The van der Waals surface area contributed by atoms with E-state index < -0.39 is 24.2 Å². The van der Waals surface area contributed by atoms with Crippen LogP contribution in [0.25, 0.3) is 0 Å². The zero-order valence-corrected chi connectivity index (χ0v) is 17.5. The standard InChI is InChI=1S/C24H20ClNO5/c1-2-29-23(27)22-21(16-6-4-3-5-7-16)26(24(28)31-22)18-10-14-20(15-11-18)30-19-12-8-17(25)9-13-19/h3-15,21-22H,2H2,1H3. The van der Waals surface area contributed by atoms with E-state index in [1.165, 1.54) is 4.90 Å². The van der Waals surface area contributed by atoms with Gasteiger partial charge in [0.2, 0.25) is 6.10 Å². The molecule has 3 aromatic rings. The lowest BCUT2D eigenvalue weighted by atomic mass is 10.00. The fraction of sp³-hybridized carbons (Fsp3) is 0.167. The van der Waals surface area contributed by atoms with Gasteiger partial charge in [0.1, 0.15) is 17.5 Å². The second kappa shape index (κ2) is 9.10. The third-order valence-corrected chi connectivity index (χ3v) is 5.07. The summed E-state index contributed by atoms with van der Waals surface area (Å²) in [7, 11) is 0. The molecule has 1 saturated heterocycles. The number of hydrogen-bond donors (Lipinski definition) is 0. The molecule has 0 aliphatic carbocycles. The lowest BCUT2D eigenvalue weighted by Gasteiger charge is -2.24. The van der Waals surface area contributed by atoms with Crippen LogP contribution in [0.5, 0.6) is 11.5 Å². The van der Waals surface area contributed by atoms with E-state index in [0.29, 0.717) is 22.2 Å². The predicted molar refractivity (Wildman–Crippen MR) is 117 cm³/mol. The van der Waals surface area contributed by atoms with Crippen LogP contribution in [0.15, 0.2) is 78.9 Å². The fourth-order valence-electron chi connectivity index (χ4n) is 3.43. The number of anilines is 1. The van der Waals surface area contributed by atoms with E-state index >= 15 is 0 Å². The molecule has 7 heteroatoms. The molecule has 1 aliphatic rings. The summed E-state index contributed by atoms with van der Waals surface area (Å²) in [6, 6.07) is 22.6. The van der Waals surface area contributed by atoms with Crippen molar-refractivity contribution in [1.29, 1.82) is 0 Å². The minimum atomic E-state index is -1.06. The van der Waals surface area contributed by atoms with Gasteiger partial charge in [-0.1, -0.05) is 41.9 Å². The van der Waals surface area contributed by atoms with Crippen LogP contribution in [0.2, 0.25) is 5.02 Å². The molecule has 0 bridgehead atoms. The van der Waals surface area contributed by atoms with Crippen LogP contribution in [0.3, 0.4) is 0 Å². The van der Waals surface area contributed by atoms with Crippen molar-refractivity contribution in [2.45, 2.75) is 19.1 Å². The molecule has 31 heavy (non-hydrogen) atoms. The molecule has 6 nitrogen and oxygen atoms in total. The van der Waals surface area contributed by atoms with E-state index in [4.69, 9.17) is 25.8 Å². The van der Waals surface area contributed by atoms with Gasteiger partial charge in [0.15, 0.2) is 0 Å². The number of halogens is 1. The first kappa shape index (κ1) is 20.8. The molecule has 0 aromatic heterocycles. The number of cyclic esters (lactones) is 1. The van der Waals surface area contributed by atoms with Crippen LogP contribution >= 0.6 is 11.6 Å². The maximum absolute atomic E-state index is 12.7. The molecule has 4 rings (SSSR count). The Morgan fingerprint density at radius 3 is 2.19 bits per heavy atom. The molecule has 3 aromatic carbocycles. The van der Waals surface area contributed by atoms with E-state index in [0.717, 1.165) is 5.56 Å². The molecule has 0 N–H and O–H groups in total. The van der Waals surface area contributed by atoms with Crippen molar-refractivity contribution in [1.82, 2.24) is 0 Å². The van der Waals surface area contributed by atoms with E-state index in [1.807, 2.05) is 30.3 Å². The summed E-state index contributed by atoms with van der Waals surface area (Å²) in [5.74, 6) is 0.661. The summed E-state index contributed by atoms with van der Waals surface area (Å²) in [4.78, 5) is 26.7. The molecule has 1 fully saturated rings. The maximum atomic E-state index is 12.7. The average molecular weight is 438 g/mol. The number of esters is 1. The van der Waals surface area contributed by atoms with Crippen LogP contribution < -0.4 is 9.64 Å². The van der Waals surface area contributed by atoms with Crippen LogP contribution in [0.1, 0.15) is 18.5 Å². The predicted octanol–water partition coefficient (Wildman–Crippen LogP) is 5.76. The lowest BCUT2D eigenvalue weighted by Crippen LogP contribution is -2.33. The van der Waals surface area contributed by atoms with Crippen LogP contribution in [0.4, 0.5) is 10.5 Å². The van der Waals surface area contributed by atoms with Crippen molar-refractivity contribution < 1.29 is 23.8 Å². The van der Waals surface area contributed by atoms with Gasteiger partial charge in [0.25, 0.3) is 0 Å². The fourth-order valence-corrected chi connectivity index (χ4v) is 3.56. The number of carbonyl (C=O) groups excluding carboxylic acids is 2. The van der Waals surface area contributed by atoms with Crippen LogP contribution in [0, 0.1) is 0 Å². The Morgan fingerprint density at radius 1 is 0.968 bits per heavy atom. The summed E-state index contributed by atoms with van der Waals surface area (Å²) >= 11 is 5.90. The van der Waals surface area contributed by atoms with E-state index in [2.05, 4.69) is 0 Å². The summed E-state index contributed by atoms with van der Waals surface area (Å²) < 4.78 is 16.4. The maximum Gasteiger partial charge on any atom is 0.415 e. The lowest BCUT2D eigenvalue weighted by molar-refractivity contribution is -0.152. The van der Waals surface area contributed by atoms with Crippen molar-refractivity contribution >= 4 is 29.4 Å². The molecule has 1 amide bonds. The zero-order valence-electron chi connectivity index (χ0n) is 16.7. The first-order valence-electron chi connectivity index (χ1n) is 9.81. The Hall–Kier alpha value is -3.51. The Balaban J connectivity index is 1.62. The van der Waals surface area contributed by atoms with Gasteiger partial charge < -0.3 is 14.2 Å². The number of amides is 1. The first-order chi connectivity index (χ1) is 15.1. The normalized spacial score (nSPS) is 17.9. The highest BCUT2D eigenvalue weighted by atomic mass is 35.5. The van der Waals surface area contributed by atoms with Crippen molar-refractivity contribution in [3.63, 3.8) is 0 Å². The quantitative estimate of drug-likeness (QED) is 0.458. The third kappa shape index (κ3) is 4.49. The molecule has 0 radical (unpaired) electrons. The number of carbonyl (C=O) groups is 2. The summed E-state index contributed by atoms with van der Waals surface area (Å²) in [5, 5.41) is 0.623. The van der Waals surface area contributed by atoms with Gasteiger partial charge in [-0.05, 0) is 61.0 Å². The van der Waals surface area contributed by atoms with Crippen molar-refractivity contribution in [2.75, 3.05) is 11.5 Å². The number of hydrogen-bond acceptors (Lipinski definition) is 5. The van der Waals surface area contributed by atoms with E-state index in [9.17, 15) is 9.59 Å². The molecule has 158 valence electrons. The minimum absolute atomic E-state index is 0.200. The average Bonchev–Trinajstić information content (AvgIpc) is 3.14. The molecule has 2 atom stereocenters. The third-order valence-electron chi connectivity index (χ3n) is 4.81. The smallest absolute Gasteiger partial charge is 0.415 e. The van der Waals surface area contributed by atoms with Gasteiger partial charge >= 0.3 is 12.1 Å². The number of ether oxygens (including phenoxy) is 3. The number of nitrogens with zero attached hydrogens (tertiary/aromatic N) is 1.